The number of piperidine rings is 1. The molecule has 2 atom stereocenters. The van der Waals surface area contributed by atoms with E-state index in [0.717, 1.165) is 23.1 Å². The number of nitrogens with two attached hydrogens (primary N) is 1. The number of carbonyl (C=O) groups excluding carboxylic acids is 2. The summed E-state index contributed by atoms with van der Waals surface area (Å²) in [6.07, 6.45) is -3.64. The molecule has 0 saturated carbocycles. The van der Waals surface area contributed by atoms with Gasteiger partial charge in [-0.15, -0.1) is 0 Å². The fourth-order valence-electron chi connectivity index (χ4n) is 3.57. The minimum absolute atomic E-state index is 0.0474. The van der Waals surface area contributed by atoms with Crippen molar-refractivity contribution in [3.8, 4) is 6.07 Å². The van der Waals surface area contributed by atoms with Crippen LogP contribution in [0.25, 0.3) is 0 Å². The van der Waals surface area contributed by atoms with Crippen LogP contribution in [-0.2, 0) is 10.3 Å². The van der Waals surface area contributed by atoms with Crippen LogP contribution in [0.4, 0.5) is 33.9 Å². The first-order valence-electron chi connectivity index (χ1n) is 9.68. The Morgan fingerprint density at radius 3 is 2.79 bits per heavy atom. The van der Waals surface area contributed by atoms with E-state index in [-0.39, 0.29) is 28.6 Å². The zero-order valence-electron chi connectivity index (χ0n) is 17.3. The summed E-state index contributed by atoms with van der Waals surface area (Å²) in [6, 6.07) is -0.373. The van der Waals surface area contributed by atoms with Crippen molar-refractivity contribution in [2.45, 2.75) is 37.5 Å². The van der Waals surface area contributed by atoms with E-state index in [9.17, 15) is 28.0 Å². The van der Waals surface area contributed by atoms with E-state index in [1.807, 2.05) is 0 Å². The molecule has 14 heteroatoms. The lowest BCUT2D eigenvalue weighted by molar-refractivity contribution is -0.230. The second-order valence-corrected chi connectivity index (χ2v) is 7.18. The predicted molar refractivity (Wildman–Crippen MR) is 105 cm³/mol. The fraction of sp³-hybridized carbons (Fsp3) is 0.421. The molecule has 3 heterocycles. The summed E-state index contributed by atoms with van der Waals surface area (Å²) >= 11 is 0. The van der Waals surface area contributed by atoms with Gasteiger partial charge >= 0.3 is 12.1 Å². The number of primary amides is 1. The molecular formula is C19H19F4N7O3. The number of nitriles is 1. The minimum Gasteiger partial charge on any atom is -0.450 e. The summed E-state index contributed by atoms with van der Waals surface area (Å²) in [5, 5.41) is 15.9. The standard InChI is InChI=1S/C19H19F4N7O3/c1-2-33-17(32)29-8-5-18(4-6-24,16(21)19(29,22)23)30-10-12(14(25)31)15(28-30)27-11-3-7-26-13(20)9-11/h3,7,9-10,16H,2,4-5,8H2,1H3,(H2,25,31)(H,26,27,28). The molecule has 2 aromatic rings. The van der Waals surface area contributed by atoms with E-state index in [0.29, 0.717) is 0 Å². The second kappa shape index (κ2) is 8.93. The third kappa shape index (κ3) is 4.26. The van der Waals surface area contributed by atoms with E-state index < -0.39 is 55.1 Å². The topological polar surface area (TPSA) is 139 Å². The molecule has 0 aliphatic carbocycles. The Hall–Kier alpha value is -3.89. The van der Waals surface area contributed by atoms with Crippen molar-refractivity contribution >= 4 is 23.5 Å². The Morgan fingerprint density at radius 2 is 2.18 bits per heavy atom. The van der Waals surface area contributed by atoms with Crippen molar-refractivity contribution in [1.29, 1.82) is 5.26 Å². The van der Waals surface area contributed by atoms with Crippen LogP contribution in [0, 0.1) is 17.3 Å². The van der Waals surface area contributed by atoms with Gasteiger partial charge in [0, 0.05) is 30.7 Å². The molecular weight excluding hydrogens is 450 g/mol. The molecule has 1 fully saturated rings. The van der Waals surface area contributed by atoms with Crippen LogP contribution in [0.2, 0.25) is 0 Å². The lowest BCUT2D eigenvalue weighted by atomic mass is 9.82. The van der Waals surface area contributed by atoms with Crippen molar-refractivity contribution in [1.82, 2.24) is 19.7 Å². The van der Waals surface area contributed by atoms with Crippen LogP contribution in [-0.4, -0.2) is 57.0 Å². The Kier molecular flexibility index (Phi) is 6.43. The summed E-state index contributed by atoms with van der Waals surface area (Å²) < 4.78 is 64.0. The van der Waals surface area contributed by atoms with Crippen LogP contribution in [0.15, 0.2) is 24.5 Å². The van der Waals surface area contributed by atoms with Crippen LogP contribution in [0.5, 0.6) is 0 Å². The lowest BCUT2D eigenvalue weighted by Gasteiger charge is -2.47. The number of hydrogen-bond donors (Lipinski definition) is 2. The highest BCUT2D eigenvalue weighted by Gasteiger charge is 2.64. The SMILES string of the molecule is CCOC(=O)N1CCC(CC#N)(n2cc(C(N)=O)c(Nc3ccnc(F)c3)n2)C(F)C1(F)F. The highest BCUT2D eigenvalue weighted by molar-refractivity contribution is 5.98. The summed E-state index contributed by atoms with van der Waals surface area (Å²) in [4.78, 5) is 27.2. The minimum atomic E-state index is -4.35. The molecule has 0 radical (unpaired) electrons. The van der Waals surface area contributed by atoms with Gasteiger partial charge in [-0.3, -0.25) is 9.48 Å². The largest absolute Gasteiger partial charge is 0.450 e. The van der Waals surface area contributed by atoms with Crippen LogP contribution >= 0.6 is 0 Å². The molecule has 0 aromatic carbocycles. The number of aromatic nitrogens is 3. The van der Waals surface area contributed by atoms with Crippen LogP contribution < -0.4 is 11.1 Å². The maximum atomic E-state index is 15.4. The highest BCUT2D eigenvalue weighted by atomic mass is 19.3. The molecule has 176 valence electrons. The summed E-state index contributed by atoms with van der Waals surface area (Å²) in [7, 11) is 0. The van der Waals surface area contributed by atoms with Gasteiger partial charge in [0.05, 0.1) is 19.1 Å². The maximum absolute atomic E-state index is 15.4. The smallest absolute Gasteiger partial charge is 0.414 e. The van der Waals surface area contributed by atoms with Gasteiger partial charge in [-0.25, -0.2) is 19.1 Å². The Labute approximate surface area is 184 Å². The number of alkyl halides is 3. The van der Waals surface area contributed by atoms with Gasteiger partial charge in [0.15, 0.2) is 5.82 Å². The van der Waals surface area contributed by atoms with E-state index in [1.165, 1.54) is 13.0 Å². The monoisotopic (exact) mass is 469 g/mol. The van der Waals surface area contributed by atoms with Crippen molar-refractivity contribution in [3.63, 3.8) is 0 Å². The molecule has 33 heavy (non-hydrogen) atoms. The van der Waals surface area contributed by atoms with E-state index in [2.05, 4.69) is 20.1 Å². The predicted octanol–water partition coefficient (Wildman–Crippen LogP) is 2.66. The molecule has 1 aliphatic rings. The number of nitrogens with one attached hydrogen (secondary N) is 1. The number of anilines is 2. The molecule has 2 amide bonds. The highest BCUT2D eigenvalue weighted by Crippen LogP contribution is 2.46. The van der Waals surface area contributed by atoms with Crippen molar-refractivity contribution in [3.05, 3.63) is 36.0 Å². The third-order valence-electron chi connectivity index (χ3n) is 5.20. The molecule has 1 saturated heterocycles. The zero-order chi connectivity index (χ0) is 24.4. The van der Waals surface area contributed by atoms with Gasteiger partial charge in [0.1, 0.15) is 11.1 Å². The van der Waals surface area contributed by atoms with Crippen molar-refractivity contribution < 1.29 is 31.9 Å². The normalized spacial score (nSPS) is 21.8. The number of likely N-dealkylation sites (tertiary alicyclic amines) is 1. The van der Waals surface area contributed by atoms with Gasteiger partial charge in [-0.2, -0.15) is 23.5 Å². The first-order valence-corrected chi connectivity index (χ1v) is 9.68. The molecule has 0 spiro atoms. The number of amides is 2. The van der Waals surface area contributed by atoms with E-state index in [4.69, 9.17) is 5.73 Å². The van der Waals surface area contributed by atoms with Gasteiger partial charge in [-0.1, -0.05) is 0 Å². The quantitative estimate of drug-likeness (QED) is 0.377. The summed E-state index contributed by atoms with van der Waals surface area (Å²) in [6.45, 7) is 0.556. The second-order valence-electron chi connectivity index (χ2n) is 7.18. The number of ether oxygens (including phenoxy) is 1. The molecule has 3 N–H and O–H groups in total. The molecule has 2 unspecified atom stereocenters. The summed E-state index contributed by atoms with van der Waals surface area (Å²) in [5.74, 6) is -2.15. The van der Waals surface area contributed by atoms with Gasteiger partial charge in [0.2, 0.25) is 12.1 Å². The van der Waals surface area contributed by atoms with Crippen LogP contribution in [0.1, 0.15) is 30.1 Å². The van der Waals surface area contributed by atoms with Crippen molar-refractivity contribution in [2.75, 3.05) is 18.5 Å². The summed E-state index contributed by atoms with van der Waals surface area (Å²) in [5.41, 5.74) is 2.89. The number of rotatable bonds is 6. The first kappa shape index (κ1) is 23.8. The molecule has 2 aromatic heterocycles. The van der Waals surface area contributed by atoms with E-state index >= 15 is 4.39 Å². The first-order chi connectivity index (χ1) is 15.6. The van der Waals surface area contributed by atoms with Crippen molar-refractivity contribution in [2.24, 2.45) is 5.73 Å². The van der Waals surface area contributed by atoms with Gasteiger partial charge < -0.3 is 15.8 Å². The van der Waals surface area contributed by atoms with E-state index in [1.54, 1.807) is 6.07 Å². The molecule has 3 rings (SSSR count). The van der Waals surface area contributed by atoms with Crippen LogP contribution in [0.3, 0.4) is 0 Å². The Balaban J connectivity index is 2.05. The fourth-order valence-corrected chi connectivity index (χ4v) is 3.57. The Bertz CT molecular complexity index is 1100. The molecule has 1 aliphatic heterocycles. The van der Waals surface area contributed by atoms with Gasteiger partial charge in [-0.05, 0) is 19.4 Å². The average molecular weight is 469 g/mol. The Morgan fingerprint density at radius 1 is 1.45 bits per heavy atom. The number of halogens is 4. The lowest BCUT2D eigenvalue weighted by Crippen LogP contribution is -2.65. The van der Waals surface area contributed by atoms with Gasteiger partial charge in [0.25, 0.3) is 5.91 Å². The zero-order valence-corrected chi connectivity index (χ0v) is 17.3. The number of hydrogen-bond acceptors (Lipinski definition) is 7. The average Bonchev–Trinajstić information content (AvgIpc) is 3.16. The molecule has 0 bridgehead atoms. The maximum Gasteiger partial charge on any atom is 0.414 e. The number of pyridine rings is 1. The third-order valence-corrected chi connectivity index (χ3v) is 5.20. The number of nitrogens with zero attached hydrogens (tertiary/aromatic N) is 5. The molecule has 10 nitrogen and oxygen atoms in total. The number of carbonyl (C=O) groups is 2.